The van der Waals surface area contributed by atoms with Crippen LogP contribution in [0.5, 0.6) is 0 Å². The van der Waals surface area contributed by atoms with Crippen molar-refractivity contribution in [2.45, 2.75) is 100 Å². The van der Waals surface area contributed by atoms with Crippen LogP contribution in [0.3, 0.4) is 0 Å². The summed E-state index contributed by atoms with van der Waals surface area (Å²) in [6, 6.07) is 8.72. The predicted molar refractivity (Wildman–Crippen MR) is 170 cm³/mol. The number of allylic oxidation sites excluding steroid dienone is 1. The zero-order valence-corrected chi connectivity index (χ0v) is 26.3. The number of carbonyl (C=O) groups excluding carboxylic acids is 1. The average molecular weight is 532 g/mol. The van der Waals surface area contributed by atoms with Gasteiger partial charge in [-0.15, -0.1) is 0 Å². The molecule has 1 N–H and O–H groups in total. The van der Waals surface area contributed by atoms with Gasteiger partial charge in [-0.3, -0.25) is 9.79 Å². The topological polar surface area (TPSA) is 46.4 Å². The third kappa shape index (κ3) is 11.0. The molecule has 0 aliphatic heterocycles. The van der Waals surface area contributed by atoms with Crippen LogP contribution >= 0.6 is 0 Å². The Kier molecular flexibility index (Phi) is 16.1. The van der Waals surface area contributed by atoms with Crippen molar-refractivity contribution in [3.63, 3.8) is 0 Å². The number of Topliss-reactive ketones (excluding diaryl/α,β-unsaturated/α-hetero) is 1. The number of aromatic nitrogens is 1. The van der Waals surface area contributed by atoms with Gasteiger partial charge in [-0.25, -0.2) is 0 Å². The molecule has 1 fully saturated rings. The lowest BCUT2D eigenvalue weighted by atomic mass is 9.95. The zero-order valence-electron chi connectivity index (χ0n) is 26.3. The quantitative estimate of drug-likeness (QED) is 0.210. The second-order valence-corrected chi connectivity index (χ2v) is 10.6. The molecule has 1 aromatic carbocycles. The highest BCUT2D eigenvalue weighted by Gasteiger charge is 2.24. The van der Waals surface area contributed by atoms with Gasteiger partial charge in [0.05, 0.1) is 6.54 Å². The van der Waals surface area contributed by atoms with E-state index in [0.717, 1.165) is 34.7 Å². The molecule has 1 aromatic heterocycles. The number of benzene rings is 1. The second kappa shape index (κ2) is 18.4. The van der Waals surface area contributed by atoms with Gasteiger partial charge in [-0.05, 0) is 83.2 Å². The van der Waals surface area contributed by atoms with Gasteiger partial charge in [0.2, 0.25) is 0 Å². The minimum atomic E-state index is 0.0224. The summed E-state index contributed by atoms with van der Waals surface area (Å²) < 4.78 is 2.47. The molecular weight excluding hydrogens is 478 g/mol. The summed E-state index contributed by atoms with van der Waals surface area (Å²) in [6.45, 7) is 19.3. The van der Waals surface area contributed by atoms with E-state index in [2.05, 4.69) is 72.8 Å². The lowest BCUT2D eigenvalue weighted by Gasteiger charge is -2.15. The number of ketones is 1. The second-order valence-electron chi connectivity index (χ2n) is 10.6. The Bertz CT molecular complexity index is 1140. The predicted octanol–water partition coefficient (Wildman–Crippen LogP) is 8.71. The van der Waals surface area contributed by atoms with Gasteiger partial charge >= 0.3 is 0 Å². The number of aryl methyl sites for hydroxylation is 1. The third-order valence-electron chi connectivity index (χ3n) is 6.98. The number of unbranched alkanes of at least 4 members (excludes halogenated alkanes) is 1. The first-order chi connectivity index (χ1) is 18.7. The summed E-state index contributed by atoms with van der Waals surface area (Å²) in [5, 5.41) is 2.96. The average Bonchev–Trinajstić information content (AvgIpc) is 3.53. The van der Waals surface area contributed by atoms with Gasteiger partial charge in [-0.2, -0.15) is 0 Å². The molecule has 1 heterocycles. The minimum Gasteiger partial charge on any atom is -0.348 e. The van der Waals surface area contributed by atoms with Crippen LogP contribution in [0.2, 0.25) is 0 Å². The van der Waals surface area contributed by atoms with Crippen LogP contribution in [0.15, 0.2) is 47.7 Å². The van der Waals surface area contributed by atoms with E-state index in [0.29, 0.717) is 12.6 Å². The maximum absolute atomic E-state index is 12.0. The number of nitrogens with one attached hydrogen (secondary N) is 1. The Morgan fingerprint density at radius 3 is 2.49 bits per heavy atom. The molecule has 3 rings (SSSR count). The largest absolute Gasteiger partial charge is 0.348 e. The summed E-state index contributed by atoms with van der Waals surface area (Å²) in [7, 11) is 1.86. The van der Waals surface area contributed by atoms with E-state index in [1.54, 1.807) is 0 Å². The molecule has 0 saturated heterocycles. The van der Waals surface area contributed by atoms with Gasteiger partial charge in [0.25, 0.3) is 0 Å². The van der Waals surface area contributed by atoms with Crippen LogP contribution in [0, 0.1) is 37.5 Å². The van der Waals surface area contributed by atoms with E-state index in [-0.39, 0.29) is 11.7 Å². The Morgan fingerprint density at radius 1 is 1.18 bits per heavy atom. The van der Waals surface area contributed by atoms with Gasteiger partial charge in [0, 0.05) is 52.5 Å². The van der Waals surface area contributed by atoms with Crippen LogP contribution in [-0.2, 0) is 0 Å². The fraction of sp³-hybridized carbons (Fsp3) is 0.543. The highest BCUT2D eigenvalue weighted by atomic mass is 16.1. The maximum atomic E-state index is 12.0. The molecule has 39 heavy (non-hydrogen) atoms. The van der Waals surface area contributed by atoms with Crippen LogP contribution in [0.1, 0.15) is 119 Å². The Morgan fingerprint density at radius 2 is 1.90 bits per heavy atom. The van der Waals surface area contributed by atoms with Gasteiger partial charge in [-0.1, -0.05) is 71.9 Å². The van der Waals surface area contributed by atoms with Crippen molar-refractivity contribution in [1.29, 1.82) is 0 Å². The van der Waals surface area contributed by atoms with Crippen LogP contribution in [0.4, 0.5) is 0 Å². The molecule has 2 aromatic rings. The smallest absolute Gasteiger partial charge is 0.165 e. The van der Waals surface area contributed by atoms with E-state index in [1.165, 1.54) is 36.9 Å². The van der Waals surface area contributed by atoms with Crippen molar-refractivity contribution in [3.05, 3.63) is 70.7 Å². The first kappa shape index (κ1) is 34.1. The van der Waals surface area contributed by atoms with E-state index < -0.39 is 0 Å². The number of rotatable bonds is 8. The molecule has 1 saturated carbocycles. The standard InChI is InChI=1S/C18H28N2.C15H19NO.C2H6/c1-5-6-7-11-19-15(3)18-10-12-20(16(18)4)17-9-8-14(2)13-17;1-11(2)15(17)14-10-13(6-5-9-16-4)8-7-12(14)3;1-2/h7,10-12,14,17H,5-6,8-9,13H2,1-4H3;7-8,10-11,16H,9H2,1-4H3;1-2H3/b11-7+,19-15?;;. The van der Waals surface area contributed by atoms with Crippen molar-refractivity contribution in [2.24, 2.45) is 16.8 Å². The number of hydrogen-bond acceptors (Lipinski definition) is 3. The molecule has 1 aliphatic rings. The summed E-state index contributed by atoms with van der Waals surface area (Å²) in [5.41, 5.74) is 6.49. The molecule has 2 unspecified atom stereocenters. The van der Waals surface area contributed by atoms with Gasteiger partial charge in [0.1, 0.15) is 0 Å². The van der Waals surface area contributed by atoms with Crippen LogP contribution in [-0.4, -0.2) is 29.7 Å². The fourth-order valence-electron chi connectivity index (χ4n) is 4.72. The van der Waals surface area contributed by atoms with Crippen molar-refractivity contribution in [3.8, 4) is 11.8 Å². The van der Waals surface area contributed by atoms with E-state index in [4.69, 9.17) is 0 Å². The number of hydrogen-bond donors (Lipinski definition) is 1. The normalized spacial score (nSPS) is 16.7. The maximum Gasteiger partial charge on any atom is 0.165 e. The molecule has 4 nitrogen and oxygen atoms in total. The SMILES string of the molecule is CC.CCC/C=C/N=C(C)c1ccn(C2CCC(C)C2)c1C.CNCC#Cc1ccc(C)c(C(=O)C(C)C)c1. The molecule has 0 amide bonds. The van der Waals surface area contributed by atoms with E-state index >= 15 is 0 Å². The monoisotopic (exact) mass is 531 g/mol. The zero-order chi connectivity index (χ0) is 29.4. The van der Waals surface area contributed by atoms with E-state index in [9.17, 15) is 4.79 Å². The Balaban J connectivity index is 0.000000371. The molecule has 214 valence electrons. The molecule has 0 radical (unpaired) electrons. The molecule has 0 bridgehead atoms. The lowest BCUT2D eigenvalue weighted by molar-refractivity contribution is 0.0938. The summed E-state index contributed by atoms with van der Waals surface area (Å²) in [6.07, 6.45) is 12.6. The highest BCUT2D eigenvalue weighted by molar-refractivity contribution is 6.00. The summed E-state index contributed by atoms with van der Waals surface area (Å²) in [5.74, 6) is 7.11. The number of aliphatic imine (C=N–C) groups is 1. The molecule has 2 atom stereocenters. The minimum absolute atomic E-state index is 0.0224. The third-order valence-corrected chi connectivity index (χ3v) is 6.98. The Hall–Kier alpha value is -2.90. The molecule has 0 spiro atoms. The lowest BCUT2D eigenvalue weighted by Crippen LogP contribution is -2.09. The van der Waals surface area contributed by atoms with Crippen molar-refractivity contribution < 1.29 is 4.79 Å². The van der Waals surface area contributed by atoms with Crippen LogP contribution < -0.4 is 5.32 Å². The number of carbonyl (C=O) groups is 1. The summed E-state index contributed by atoms with van der Waals surface area (Å²) >= 11 is 0. The van der Waals surface area contributed by atoms with Gasteiger partial charge in [0.15, 0.2) is 5.78 Å². The van der Waals surface area contributed by atoms with Crippen LogP contribution in [0.25, 0.3) is 0 Å². The number of nitrogens with zero attached hydrogens (tertiary/aromatic N) is 2. The highest BCUT2D eigenvalue weighted by Crippen LogP contribution is 2.35. The Labute approximate surface area is 239 Å². The van der Waals surface area contributed by atoms with Crippen molar-refractivity contribution in [1.82, 2.24) is 9.88 Å². The molecule has 4 heteroatoms. The molecular formula is C35H53N3O. The van der Waals surface area contributed by atoms with Gasteiger partial charge < -0.3 is 9.88 Å². The summed E-state index contributed by atoms with van der Waals surface area (Å²) in [4.78, 5) is 16.6. The molecule has 1 aliphatic carbocycles. The first-order valence-electron chi connectivity index (χ1n) is 14.8. The van der Waals surface area contributed by atoms with E-state index in [1.807, 2.05) is 66.1 Å². The van der Waals surface area contributed by atoms with Crippen molar-refractivity contribution >= 4 is 11.5 Å². The fourth-order valence-corrected chi connectivity index (χ4v) is 4.72. The van der Waals surface area contributed by atoms with Crippen molar-refractivity contribution in [2.75, 3.05) is 13.6 Å². The first-order valence-corrected chi connectivity index (χ1v) is 14.8.